The predicted molar refractivity (Wildman–Crippen MR) is 84.0 cm³/mol. The van der Waals surface area contributed by atoms with E-state index in [2.05, 4.69) is 31.0 Å². The predicted octanol–water partition coefficient (Wildman–Crippen LogP) is 3.27. The molecule has 2 aliphatic carbocycles. The van der Waals surface area contributed by atoms with Crippen LogP contribution in [0.1, 0.15) is 48.8 Å². The first kappa shape index (κ1) is 12.7. The highest BCUT2D eigenvalue weighted by Gasteiger charge is 2.53. The summed E-state index contributed by atoms with van der Waals surface area (Å²) in [5.41, 5.74) is 12.1. The van der Waals surface area contributed by atoms with Crippen LogP contribution in [0.25, 0.3) is 0 Å². The van der Waals surface area contributed by atoms with Crippen LogP contribution in [0.5, 0.6) is 0 Å². The average Bonchev–Trinajstić information content (AvgIpc) is 2.45. The van der Waals surface area contributed by atoms with Crippen molar-refractivity contribution in [3.63, 3.8) is 0 Å². The molecule has 2 heteroatoms. The lowest BCUT2D eigenvalue weighted by Gasteiger charge is -2.58. The van der Waals surface area contributed by atoms with Crippen molar-refractivity contribution in [2.45, 2.75) is 56.9 Å². The van der Waals surface area contributed by atoms with Crippen LogP contribution in [0.3, 0.4) is 0 Å². The van der Waals surface area contributed by atoms with Gasteiger partial charge in [0, 0.05) is 17.1 Å². The summed E-state index contributed by atoms with van der Waals surface area (Å²) in [7, 11) is 2.33. The SMILES string of the molecule is Cc1cc2c(cc1N)C[C@H]1[C@H]3CCCC[C@@]23CCN1C. The summed E-state index contributed by atoms with van der Waals surface area (Å²) in [6.07, 6.45) is 8.23. The smallest absolute Gasteiger partial charge is 0.0346 e. The summed E-state index contributed by atoms with van der Waals surface area (Å²) >= 11 is 0. The minimum absolute atomic E-state index is 0.474. The van der Waals surface area contributed by atoms with Gasteiger partial charge in [-0.2, -0.15) is 0 Å². The van der Waals surface area contributed by atoms with Gasteiger partial charge in [-0.15, -0.1) is 0 Å². The maximum atomic E-state index is 6.18. The number of aryl methyl sites for hydroxylation is 1. The Balaban J connectivity index is 1.92. The second-order valence-electron chi connectivity index (χ2n) is 7.38. The highest BCUT2D eigenvalue weighted by Crippen LogP contribution is 2.55. The van der Waals surface area contributed by atoms with Gasteiger partial charge in [0.1, 0.15) is 0 Å². The molecule has 1 aromatic carbocycles. The van der Waals surface area contributed by atoms with Crippen LogP contribution in [0, 0.1) is 12.8 Å². The molecule has 3 atom stereocenters. The second-order valence-corrected chi connectivity index (χ2v) is 7.38. The topological polar surface area (TPSA) is 29.3 Å². The summed E-state index contributed by atoms with van der Waals surface area (Å²) in [5.74, 6) is 0.880. The van der Waals surface area contributed by atoms with Crippen molar-refractivity contribution in [2.24, 2.45) is 5.92 Å². The number of nitrogens with zero attached hydrogens (tertiary/aromatic N) is 1. The largest absolute Gasteiger partial charge is 0.399 e. The van der Waals surface area contributed by atoms with Crippen molar-refractivity contribution < 1.29 is 0 Å². The summed E-state index contributed by atoms with van der Waals surface area (Å²) in [6, 6.07) is 5.46. The highest BCUT2D eigenvalue weighted by molar-refractivity contribution is 5.55. The van der Waals surface area contributed by atoms with E-state index in [1.165, 1.54) is 50.6 Å². The molecule has 0 amide bonds. The number of benzene rings is 1. The van der Waals surface area contributed by atoms with E-state index < -0.39 is 0 Å². The van der Waals surface area contributed by atoms with Crippen LogP contribution in [-0.4, -0.2) is 24.5 Å². The number of nitrogen functional groups attached to an aromatic ring is 1. The minimum atomic E-state index is 0.474. The monoisotopic (exact) mass is 270 g/mol. The summed E-state index contributed by atoms with van der Waals surface area (Å²) < 4.78 is 0. The number of piperidine rings is 1. The number of rotatable bonds is 0. The van der Waals surface area contributed by atoms with Gasteiger partial charge in [0.05, 0.1) is 0 Å². The van der Waals surface area contributed by atoms with E-state index in [0.29, 0.717) is 5.41 Å². The zero-order valence-electron chi connectivity index (χ0n) is 12.8. The minimum Gasteiger partial charge on any atom is -0.399 e. The van der Waals surface area contributed by atoms with E-state index in [0.717, 1.165) is 17.6 Å². The van der Waals surface area contributed by atoms with Gasteiger partial charge in [-0.1, -0.05) is 18.9 Å². The molecule has 2 bridgehead atoms. The van der Waals surface area contributed by atoms with Crippen molar-refractivity contribution in [3.05, 3.63) is 28.8 Å². The van der Waals surface area contributed by atoms with Gasteiger partial charge in [0.2, 0.25) is 0 Å². The normalized spacial score (nSPS) is 36.3. The number of likely N-dealkylation sites (tertiary alicyclic amines) is 1. The fourth-order valence-corrected chi connectivity index (χ4v) is 5.38. The highest BCUT2D eigenvalue weighted by atomic mass is 15.1. The fraction of sp³-hybridized carbons (Fsp3) is 0.667. The van der Waals surface area contributed by atoms with Gasteiger partial charge in [0.15, 0.2) is 0 Å². The van der Waals surface area contributed by atoms with Crippen molar-refractivity contribution >= 4 is 5.69 Å². The zero-order chi connectivity index (χ0) is 13.9. The maximum Gasteiger partial charge on any atom is 0.0346 e. The van der Waals surface area contributed by atoms with Crippen molar-refractivity contribution in [2.75, 3.05) is 19.3 Å². The number of hydrogen-bond acceptors (Lipinski definition) is 2. The first-order valence-corrected chi connectivity index (χ1v) is 8.21. The molecule has 4 rings (SSSR count). The quantitative estimate of drug-likeness (QED) is 0.733. The van der Waals surface area contributed by atoms with Crippen molar-refractivity contribution in [1.82, 2.24) is 4.90 Å². The number of fused-ring (bicyclic) bond motifs is 1. The molecular formula is C18H26N2. The van der Waals surface area contributed by atoms with E-state index >= 15 is 0 Å². The Bertz CT molecular complexity index is 551. The van der Waals surface area contributed by atoms with Gasteiger partial charge in [-0.05, 0) is 74.9 Å². The molecule has 2 nitrogen and oxygen atoms in total. The number of hydrogen-bond donors (Lipinski definition) is 1. The van der Waals surface area contributed by atoms with Crippen molar-refractivity contribution in [3.8, 4) is 0 Å². The van der Waals surface area contributed by atoms with E-state index in [4.69, 9.17) is 5.73 Å². The van der Waals surface area contributed by atoms with Crippen LogP contribution in [0.2, 0.25) is 0 Å². The van der Waals surface area contributed by atoms with E-state index in [9.17, 15) is 0 Å². The lowest BCUT2D eigenvalue weighted by atomic mass is 9.52. The molecule has 1 aliphatic heterocycles. The molecule has 0 radical (unpaired) electrons. The Morgan fingerprint density at radius 1 is 1.25 bits per heavy atom. The molecule has 20 heavy (non-hydrogen) atoms. The first-order valence-electron chi connectivity index (χ1n) is 8.21. The summed E-state index contributed by atoms with van der Waals surface area (Å²) in [4.78, 5) is 2.62. The zero-order valence-corrected chi connectivity index (χ0v) is 12.8. The second kappa shape index (κ2) is 4.24. The Morgan fingerprint density at radius 2 is 2.10 bits per heavy atom. The molecule has 2 N–H and O–H groups in total. The Hall–Kier alpha value is -1.02. The fourth-order valence-electron chi connectivity index (χ4n) is 5.38. The summed E-state index contributed by atoms with van der Waals surface area (Å²) in [5, 5.41) is 0. The lowest BCUT2D eigenvalue weighted by Crippen LogP contribution is -2.59. The number of nitrogens with two attached hydrogens (primary N) is 1. The molecule has 108 valence electrons. The average molecular weight is 270 g/mol. The molecule has 0 unspecified atom stereocenters. The third-order valence-electron chi connectivity index (χ3n) is 6.50. The lowest BCUT2D eigenvalue weighted by molar-refractivity contribution is 0.00286. The summed E-state index contributed by atoms with van der Waals surface area (Å²) in [6.45, 7) is 3.44. The van der Waals surface area contributed by atoms with Gasteiger partial charge >= 0.3 is 0 Å². The molecule has 1 saturated carbocycles. The van der Waals surface area contributed by atoms with Crippen LogP contribution < -0.4 is 5.73 Å². The molecule has 1 aromatic rings. The van der Waals surface area contributed by atoms with Crippen molar-refractivity contribution in [1.29, 1.82) is 0 Å². The molecule has 0 aromatic heterocycles. The Kier molecular flexibility index (Phi) is 2.69. The van der Waals surface area contributed by atoms with Gasteiger partial charge in [0.25, 0.3) is 0 Å². The Morgan fingerprint density at radius 3 is 2.95 bits per heavy atom. The van der Waals surface area contributed by atoms with Crippen LogP contribution in [0.4, 0.5) is 5.69 Å². The molecule has 0 spiro atoms. The molecule has 1 heterocycles. The van der Waals surface area contributed by atoms with Gasteiger partial charge in [-0.3, -0.25) is 0 Å². The third kappa shape index (κ3) is 1.54. The standard InChI is InChI=1S/C18H26N2/c1-12-9-15-13(10-16(12)19)11-17-14-5-3-4-6-18(14,15)7-8-20(17)2/h9-10,14,17H,3-8,11,19H2,1-2H3/t14-,17+,18+/m1/s1. The molecule has 1 saturated heterocycles. The molecule has 3 aliphatic rings. The number of anilines is 1. The van der Waals surface area contributed by atoms with Gasteiger partial charge < -0.3 is 10.6 Å². The Labute approximate surface area is 122 Å². The van der Waals surface area contributed by atoms with E-state index in [1.54, 1.807) is 11.1 Å². The van der Waals surface area contributed by atoms with E-state index in [-0.39, 0.29) is 0 Å². The van der Waals surface area contributed by atoms with E-state index in [1.807, 2.05) is 0 Å². The first-order chi connectivity index (χ1) is 9.62. The van der Waals surface area contributed by atoms with Crippen LogP contribution in [0.15, 0.2) is 12.1 Å². The maximum absolute atomic E-state index is 6.18. The van der Waals surface area contributed by atoms with Crippen LogP contribution in [-0.2, 0) is 11.8 Å². The van der Waals surface area contributed by atoms with Crippen LogP contribution >= 0.6 is 0 Å². The molecule has 2 fully saturated rings. The third-order valence-corrected chi connectivity index (χ3v) is 6.50. The van der Waals surface area contributed by atoms with Gasteiger partial charge in [-0.25, -0.2) is 0 Å². The molecular weight excluding hydrogens is 244 g/mol. The number of likely N-dealkylation sites (N-methyl/N-ethyl adjacent to an activating group) is 1.